The number of hydrogen-bond donors (Lipinski definition) is 2. The Morgan fingerprint density at radius 1 is 1.43 bits per heavy atom. The molecule has 0 spiro atoms. The van der Waals surface area contributed by atoms with Gasteiger partial charge in [-0.25, -0.2) is 0 Å². The highest BCUT2D eigenvalue weighted by atomic mass is 32.1. The highest BCUT2D eigenvalue weighted by molar-refractivity contribution is 7.07. The number of aliphatic hydroxyl groups is 1. The van der Waals surface area contributed by atoms with Gasteiger partial charge < -0.3 is 15.2 Å². The Labute approximate surface area is 128 Å². The van der Waals surface area contributed by atoms with Crippen LogP contribution in [0, 0.1) is 0 Å². The Morgan fingerprint density at radius 3 is 3.00 bits per heavy atom. The molecule has 1 aromatic carbocycles. The highest BCUT2D eigenvalue weighted by Crippen LogP contribution is 2.18. The van der Waals surface area contributed by atoms with E-state index in [2.05, 4.69) is 5.32 Å². The van der Waals surface area contributed by atoms with Crippen molar-refractivity contribution in [3.05, 3.63) is 52.2 Å². The molecule has 1 amide bonds. The van der Waals surface area contributed by atoms with E-state index < -0.39 is 6.10 Å². The molecule has 2 N–H and O–H groups in total. The first kappa shape index (κ1) is 15.5. The van der Waals surface area contributed by atoms with Crippen LogP contribution in [0.3, 0.4) is 0 Å². The average molecular weight is 305 g/mol. The number of aryl methyl sites for hydroxylation is 1. The number of carbonyl (C=O) groups is 1. The number of aliphatic hydroxyl groups excluding tert-OH is 1. The molecule has 1 heterocycles. The van der Waals surface area contributed by atoms with Crippen molar-refractivity contribution in [1.82, 2.24) is 5.32 Å². The first-order valence-electron chi connectivity index (χ1n) is 6.79. The smallest absolute Gasteiger partial charge is 0.220 e. The minimum atomic E-state index is -0.731. The second-order valence-corrected chi connectivity index (χ2v) is 5.51. The van der Waals surface area contributed by atoms with E-state index in [-0.39, 0.29) is 12.5 Å². The van der Waals surface area contributed by atoms with Crippen LogP contribution in [0.15, 0.2) is 41.1 Å². The molecule has 1 atom stereocenters. The van der Waals surface area contributed by atoms with E-state index in [0.717, 1.165) is 12.0 Å². The molecular formula is C16H19NO3S. The first-order valence-corrected chi connectivity index (χ1v) is 7.73. The summed E-state index contributed by atoms with van der Waals surface area (Å²) in [5.41, 5.74) is 1.90. The first-order chi connectivity index (χ1) is 10.2. The van der Waals surface area contributed by atoms with Crippen LogP contribution >= 0.6 is 11.3 Å². The van der Waals surface area contributed by atoms with E-state index in [4.69, 9.17) is 4.74 Å². The maximum atomic E-state index is 11.8. The standard InChI is InChI=1S/C16H19NO3S/c1-20-14-4-2-3-13(9-14)15(18)10-17-16(19)6-5-12-7-8-21-11-12/h2-4,7-9,11,15,18H,5-6,10H2,1H3,(H,17,19)/t15-/m0/s1. The molecule has 0 unspecified atom stereocenters. The molecule has 0 aliphatic rings. The Balaban J connectivity index is 1.77. The van der Waals surface area contributed by atoms with E-state index in [1.54, 1.807) is 24.5 Å². The summed E-state index contributed by atoms with van der Waals surface area (Å²) in [6.45, 7) is 0.204. The second-order valence-electron chi connectivity index (χ2n) is 4.73. The SMILES string of the molecule is COc1cccc([C@@H](O)CNC(=O)CCc2ccsc2)c1. The lowest BCUT2D eigenvalue weighted by Gasteiger charge is -2.13. The van der Waals surface area contributed by atoms with E-state index in [0.29, 0.717) is 12.2 Å². The third kappa shape index (κ3) is 4.88. The zero-order valence-electron chi connectivity index (χ0n) is 11.9. The molecule has 21 heavy (non-hydrogen) atoms. The number of thiophene rings is 1. The summed E-state index contributed by atoms with van der Waals surface area (Å²) in [4.78, 5) is 11.8. The topological polar surface area (TPSA) is 58.6 Å². The van der Waals surface area contributed by atoms with Gasteiger partial charge in [0.1, 0.15) is 5.75 Å². The van der Waals surface area contributed by atoms with Crippen LogP contribution < -0.4 is 10.1 Å². The van der Waals surface area contributed by atoms with Crippen molar-refractivity contribution in [1.29, 1.82) is 0 Å². The molecule has 2 rings (SSSR count). The summed E-state index contributed by atoms with van der Waals surface area (Å²) < 4.78 is 5.11. The lowest BCUT2D eigenvalue weighted by atomic mass is 10.1. The monoisotopic (exact) mass is 305 g/mol. The quantitative estimate of drug-likeness (QED) is 0.826. The molecule has 0 radical (unpaired) electrons. The molecule has 0 bridgehead atoms. The van der Waals surface area contributed by atoms with E-state index >= 15 is 0 Å². The van der Waals surface area contributed by atoms with Crippen molar-refractivity contribution in [2.45, 2.75) is 18.9 Å². The summed E-state index contributed by atoms with van der Waals surface area (Å²) in [7, 11) is 1.58. The highest BCUT2D eigenvalue weighted by Gasteiger charge is 2.10. The second kappa shape index (κ2) is 7.81. The molecule has 0 aliphatic carbocycles. The predicted molar refractivity (Wildman–Crippen MR) is 83.6 cm³/mol. The Morgan fingerprint density at radius 2 is 2.29 bits per heavy atom. The minimum absolute atomic E-state index is 0.0526. The van der Waals surface area contributed by atoms with Crippen molar-refractivity contribution in [3.8, 4) is 5.75 Å². The molecule has 0 saturated heterocycles. The number of carbonyl (C=O) groups excluding carboxylic acids is 1. The van der Waals surface area contributed by atoms with Gasteiger partial charge >= 0.3 is 0 Å². The molecule has 5 heteroatoms. The van der Waals surface area contributed by atoms with Gasteiger partial charge in [0.2, 0.25) is 5.91 Å². The number of nitrogens with one attached hydrogen (secondary N) is 1. The number of ether oxygens (including phenoxy) is 1. The van der Waals surface area contributed by atoms with E-state index in [1.807, 2.05) is 35.0 Å². The van der Waals surface area contributed by atoms with Gasteiger partial charge in [0.25, 0.3) is 0 Å². The molecule has 0 saturated carbocycles. The Hall–Kier alpha value is -1.85. The van der Waals surface area contributed by atoms with Gasteiger partial charge in [-0.15, -0.1) is 0 Å². The van der Waals surface area contributed by atoms with Gasteiger partial charge in [0.15, 0.2) is 0 Å². The third-order valence-corrected chi connectivity index (χ3v) is 3.92. The molecule has 112 valence electrons. The van der Waals surface area contributed by atoms with Crippen molar-refractivity contribution in [3.63, 3.8) is 0 Å². The summed E-state index contributed by atoms with van der Waals surface area (Å²) in [6, 6.07) is 9.22. The lowest BCUT2D eigenvalue weighted by Crippen LogP contribution is -2.28. The zero-order valence-corrected chi connectivity index (χ0v) is 12.7. The number of methoxy groups -OCH3 is 1. The summed E-state index contributed by atoms with van der Waals surface area (Å²) >= 11 is 1.63. The fraction of sp³-hybridized carbons (Fsp3) is 0.312. The normalized spacial score (nSPS) is 11.9. The van der Waals surface area contributed by atoms with Crippen LogP contribution in [-0.4, -0.2) is 24.7 Å². The predicted octanol–water partition coefficient (Wildman–Crippen LogP) is 2.54. The molecule has 4 nitrogen and oxygen atoms in total. The van der Waals surface area contributed by atoms with Crippen molar-refractivity contribution < 1.29 is 14.6 Å². The number of amides is 1. The van der Waals surface area contributed by atoms with Gasteiger partial charge in [-0.2, -0.15) is 11.3 Å². The third-order valence-electron chi connectivity index (χ3n) is 3.19. The van der Waals surface area contributed by atoms with Crippen LogP contribution in [0.4, 0.5) is 0 Å². The van der Waals surface area contributed by atoms with Crippen LogP contribution in [0.2, 0.25) is 0 Å². The van der Waals surface area contributed by atoms with Crippen molar-refractivity contribution in [2.24, 2.45) is 0 Å². The van der Waals surface area contributed by atoms with Crippen molar-refractivity contribution in [2.75, 3.05) is 13.7 Å². The summed E-state index contributed by atoms with van der Waals surface area (Å²) in [5, 5.41) is 16.9. The van der Waals surface area contributed by atoms with Gasteiger partial charge in [0.05, 0.1) is 13.2 Å². The lowest BCUT2D eigenvalue weighted by molar-refractivity contribution is -0.121. The maximum Gasteiger partial charge on any atom is 0.220 e. The summed E-state index contributed by atoms with van der Waals surface area (Å²) in [6.07, 6.45) is 0.428. The molecule has 0 aliphatic heterocycles. The Bertz CT molecular complexity index is 569. The largest absolute Gasteiger partial charge is 0.497 e. The van der Waals surface area contributed by atoms with E-state index in [9.17, 15) is 9.90 Å². The van der Waals surface area contributed by atoms with Gasteiger partial charge in [0, 0.05) is 13.0 Å². The number of hydrogen-bond acceptors (Lipinski definition) is 4. The van der Waals surface area contributed by atoms with Crippen LogP contribution in [0.1, 0.15) is 23.7 Å². The van der Waals surface area contributed by atoms with Gasteiger partial charge in [-0.05, 0) is 46.5 Å². The minimum Gasteiger partial charge on any atom is -0.497 e. The average Bonchev–Trinajstić information content (AvgIpc) is 3.04. The number of rotatable bonds is 7. The number of benzene rings is 1. The molecule has 2 aromatic rings. The van der Waals surface area contributed by atoms with Crippen LogP contribution in [0.5, 0.6) is 5.75 Å². The van der Waals surface area contributed by atoms with Crippen LogP contribution in [0.25, 0.3) is 0 Å². The maximum absolute atomic E-state index is 11.8. The van der Waals surface area contributed by atoms with E-state index in [1.165, 1.54) is 5.56 Å². The molecular weight excluding hydrogens is 286 g/mol. The fourth-order valence-corrected chi connectivity index (χ4v) is 2.66. The molecule has 0 fully saturated rings. The molecule has 1 aromatic heterocycles. The van der Waals surface area contributed by atoms with Crippen LogP contribution in [-0.2, 0) is 11.2 Å². The van der Waals surface area contributed by atoms with Crippen molar-refractivity contribution >= 4 is 17.2 Å². The van der Waals surface area contributed by atoms with Gasteiger partial charge in [-0.3, -0.25) is 4.79 Å². The zero-order chi connectivity index (χ0) is 15.1. The summed E-state index contributed by atoms with van der Waals surface area (Å²) in [5.74, 6) is 0.637. The Kier molecular flexibility index (Phi) is 5.78. The van der Waals surface area contributed by atoms with Gasteiger partial charge in [-0.1, -0.05) is 12.1 Å². The fourth-order valence-electron chi connectivity index (χ4n) is 1.96.